The van der Waals surface area contributed by atoms with Crippen LogP contribution in [-0.4, -0.2) is 25.7 Å². The van der Waals surface area contributed by atoms with E-state index in [1.165, 1.54) is 16.9 Å². The molecule has 3 heterocycles. The number of amides is 1. The van der Waals surface area contributed by atoms with Gasteiger partial charge in [0.15, 0.2) is 5.58 Å². The lowest BCUT2D eigenvalue weighted by atomic mass is 10.0. The van der Waals surface area contributed by atoms with E-state index in [9.17, 15) is 4.79 Å². The molecule has 0 aliphatic rings. The van der Waals surface area contributed by atoms with E-state index < -0.39 is 0 Å². The lowest BCUT2D eigenvalue weighted by Gasteiger charge is -2.01. The van der Waals surface area contributed by atoms with Gasteiger partial charge in [-0.1, -0.05) is 41.1 Å². The van der Waals surface area contributed by atoms with E-state index in [4.69, 9.17) is 4.52 Å². The van der Waals surface area contributed by atoms with Gasteiger partial charge in [0.1, 0.15) is 5.69 Å². The Morgan fingerprint density at radius 2 is 1.93 bits per heavy atom. The molecule has 1 N–H and O–H groups in total. The van der Waals surface area contributed by atoms with Crippen molar-refractivity contribution >= 4 is 39.1 Å². The van der Waals surface area contributed by atoms with Crippen molar-refractivity contribution in [3.8, 4) is 11.3 Å². The maximum Gasteiger partial charge on any atom is 0.250 e. The predicted octanol–water partition coefficient (Wildman–Crippen LogP) is 4.71. The summed E-state index contributed by atoms with van der Waals surface area (Å²) in [4.78, 5) is 17.8. The molecule has 30 heavy (non-hydrogen) atoms. The average molecular weight is 417 g/mol. The van der Waals surface area contributed by atoms with E-state index in [1.54, 1.807) is 4.52 Å². The molecule has 0 atom stereocenters. The molecule has 0 saturated heterocycles. The van der Waals surface area contributed by atoms with E-state index >= 15 is 0 Å². The van der Waals surface area contributed by atoms with Crippen LogP contribution in [0.25, 0.3) is 27.2 Å². The summed E-state index contributed by atoms with van der Waals surface area (Å²) in [5.41, 5.74) is 6.63. The first-order chi connectivity index (χ1) is 14.5. The summed E-state index contributed by atoms with van der Waals surface area (Å²) in [5, 5.41) is 14.2. The van der Waals surface area contributed by atoms with E-state index in [0.717, 1.165) is 32.7 Å². The van der Waals surface area contributed by atoms with Crippen molar-refractivity contribution in [1.82, 2.24) is 19.8 Å². The highest BCUT2D eigenvalue weighted by atomic mass is 32.1. The van der Waals surface area contributed by atoms with E-state index in [1.807, 2.05) is 25.3 Å². The number of hydrogen-bond acceptors (Lipinski definition) is 6. The van der Waals surface area contributed by atoms with Gasteiger partial charge in [0.05, 0.1) is 12.1 Å². The Labute approximate surface area is 176 Å². The topological polar surface area (TPSA) is 85.3 Å². The van der Waals surface area contributed by atoms with Gasteiger partial charge in [-0.05, 0) is 38.0 Å². The van der Waals surface area contributed by atoms with Crippen LogP contribution >= 0.6 is 11.3 Å². The SMILES string of the molecule is Cc1ccc(-c2csc3nc(NC(=O)Cc4noc5cc(C)cc(C)c45)nn23)cc1. The van der Waals surface area contributed by atoms with Gasteiger partial charge < -0.3 is 4.52 Å². The van der Waals surface area contributed by atoms with Gasteiger partial charge in [0, 0.05) is 16.3 Å². The fourth-order valence-corrected chi connectivity index (χ4v) is 4.45. The Balaban J connectivity index is 1.38. The lowest BCUT2D eigenvalue weighted by molar-refractivity contribution is -0.115. The van der Waals surface area contributed by atoms with Crippen LogP contribution in [-0.2, 0) is 11.2 Å². The summed E-state index contributed by atoms with van der Waals surface area (Å²) < 4.78 is 7.16. The van der Waals surface area contributed by atoms with Crippen molar-refractivity contribution in [2.45, 2.75) is 27.2 Å². The number of aromatic nitrogens is 4. The molecule has 0 unspecified atom stereocenters. The molecular formula is C22H19N5O2S. The van der Waals surface area contributed by atoms with Gasteiger partial charge in [-0.15, -0.1) is 16.4 Å². The number of benzene rings is 2. The van der Waals surface area contributed by atoms with Crippen LogP contribution in [0.3, 0.4) is 0 Å². The Kier molecular flexibility index (Phi) is 4.36. The molecule has 5 rings (SSSR count). The van der Waals surface area contributed by atoms with Crippen LogP contribution in [0.2, 0.25) is 0 Å². The standard InChI is InChI=1S/C22H19N5O2S/c1-12-4-6-15(7-5-12)17-11-30-22-24-21(25-27(17)22)23-19(28)10-16-20-14(3)8-13(2)9-18(20)29-26-16/h4-9,11H,10H2,1-3H3,(H,23,25,28). The van der Waals surface area contributed by atoms with Crippen LogP contribution in [0.4, 0.5) is 5.95 Å². The minimum absolute atomic E-state index is 0.0918. The van der Waals surface area contributed by atoms with Gasteiger partial charge in [-0.25, -0.2) is 4.52 Å². The second-order valence-corrected chi connectivity index (χ2v) is 8.26. The number of hydrogen-bond donors (Lipinski definition) is 1. The summed E-state index contributed by atoms with van der Waals surface area (Å²) in [5.74, 6) is 0.0425. The first kappa shape index (κ1) is 18.5. The predicted molar refractivity (Wildman–Crippen MR) is 117 cm³/mol. The molecule has 3 aromatic heterocycles. The zero-order valence-corrected chi connectivity index (χ0v) is 17.6. The summed E-state index contributed by atoms with van der Waals surface area (Å²) >= 11 is 1.48. The molecule has 0 fully saturated rings. The molecule has 5 aromatic rings. The number of carbonyl (C=O) groups excluding carboxylic acids is 1. The first-order valence-corrected chi connectivity index (χ1v) is 10.4. The normalized spacial score (nSPS) is 11.4. The van der Waals surface area contributed by atoms with Gasteiger partial charge in [-0.2, -0.15) is 4.98 Å². The van der Waals surface area contributed by atoms with Crippen LogP contribution < -0.4 is 5.32 Å². The maximum atomic E-state index is 12.6. The minimum atomic E-state index is -0.236. The fourth-order valence-electron chi connectivity index (χ4n) is 3.62. The second-order valence-electron chi connectivity index (χ2n) is 7.43. The Morgan fingerprint density at radius 3 is 2.73 bits per heavy atom. The number of rotatable bonds is 4. The Morgan fingerprint density at radius 1 is 1.13 bits per heavy atom. The molecule has 2 aromatic carbocycles. The van der Waals surface area contributed by atoms with Crippen molar-refractivity contribution in [3.63, 3.8) is 0 Å². The number of fused-ring (bicyclic) bond motifs is 2. The third kappa shape index (κ3) is 3.25. The van der Waals surface area contributed by atoms with E-state index in [0.29, 0.717) is 11.3 Å². The molecule has 0 radical (unpaired) electrons. The minimum Gasteiger partial charge on any atom is -0.356 e. The van der Waals surface area contributed by atoms with Crippen LogP contribution in [0.1, 0.15) is 22.4 Å². The summed E-state index contributed by atoms with van der Waals surface area (Å²) in [6, 6.07) is 12.2. The molecule has 150 valence electrons. The summed E-state index contributed by atoms with van der Waals surface area (Å²) in [6.07, 6.45) is 0.0918. The Hall–Kier alpha value is -3.52. The molecule has 0 bridgehead atoms. The molecule has 0 spiro atoms. The van der Waals surface area contributed by atoms with Gasteiger partial charge in [0.2, 0.25) is 16.8 Å². The van der Waals surface area contributed by atoms with E-state index in [-0.39, 0.29) is 18.3 Å². The number of nitrogens with zero attached hydrogens (tertiary/aromatic N) is 4. The molecule has 0 aliphatic heterocycles. The molecule has 1 amide bonds. The van der Waals surface area contributed by atoms with Crippen LogP contribution in [0, 0.1) is 20.8 Å². The van der Waals surface area contributed by atoms with Gasteiger partial charge in [-0.3, -0.25) is 10.1 Å². The number of nitrogens with one attached hydrogen (secondary N) is 1. The number of thiazole rings is 1. The fraction of sp³-hybridized carbons (Fsp3) is 0.182. The smallest absolute Gasteiger partial charge is 0.250 e. The average Bonchev–Trinajstić information content (AvgIpc) is 3.37. The third-order valence-electron chi connectivity index (χ3n) is 4.99. The third-order valence-corrected chi connectivity index (χ3v) is 5.81. The van der Waals surface area contributed by atoms with Crippen molar-refractivity contribution in [3.05, 3.63) is 64.2 Å². The lowest BCUT2D eigenvalue weighted by Crippen LogP contribution is -2.16. The number of carbonyl (C=O) groups is 1. The zero-order valence-electron chi connectivity index (χ0n) is 16.8. The zero-order chi connectivity index (χ0) is 20.8. The maximum absolute atomic E-state index is 12.6. The summed E-state index contributed by atoms with van der Waals surface area (Å²) in [7, 11) is 0. The van der Waals surface area contributed by atoms with Gasteiger partial charge >= 0.3 is 0 Å². The molecule has 0 aliphatic carbocycles. The molecular weight excluding hydrogens is 398 g/mol. The van der Waals surface area contributed by atoms with Crippen molar-refractivity contribution in [2.75, 3.05) is 5.32 Å². The quantitative estimate of drug-likeness (QED) is 0.458. The second kappa shape index (κ2) is 7.07. The van der Waals surface area contributed by atoms with Crippen LogP contribution in [0.15, 0.2) is 46.3 Å². The van der Waals surface area contributed by atoms with Crippen LogP contribution in [0.5, 0.6) is 0 Å². The Bertz CT molecular complexity index is 1390. The monoisotopic (exact) mass is 417 g/mol. The molecule has 8 heteroatoms. The molecule has 7 nitrogen and oxygen atoms in total. The van der Waals surface area contributed by atoms with E-state index in [2.05, 4.69) is 57.8 Å². The highest BCUT2D eigenvalue weighted by molar-refractivity contribution is 7.15. The van der Waals surface area contributed by atoms with Crippen molar-refractivity contribution in [2.24, 2.45) is 0 Å². The van der Waals surface area contributed by atoms with Gasteiger partial charge in [0.25, 0.3) is 0 Å². The summed E-state index contributed by atoms with van der Waals surface area (Å²) in [6.45, 7) is 6.05. The van der Waals surface area contributed by atoms with Crippen molar-refractivity contribution in [1.29, 1.82) is 0 Å². The first-order valence-electron chi connectivity index (χ1n) is 9.54. The number of anilines is 1. The highest BCUT2D eigenvalue weighted by Crippen LogP contribution is 2.27. The van der Waals surface area contributed by atoms with Crippen molar-refractivity contribution < 1.29 is 9.32 Å². The largest absolute Gasteiger partial charge is 0.356 e. The number of aryl methyl sites for hydroxylation is 3. The molecule has 0 saturated carbocycles. The highest BCUT2D eigenvalue weighted by Gasteiger charge is 2.17.